The van der Waals surface area contributed by atoms with Crippen LogP contribution >= 0.6 is 27.5 Å². The van der Waals surface area contributed by atoms with E-state index in [0.717, 1.165) is 5.39 Å². The molecule has 0 aliphatic rings. The molecule has 3 rings (SSSR count). The first-order valence-electron chi connectivity index (χ1n) is 7.43. The van der Waals surface area contributed by atoms with Crippen LogP contribution in [0.2, 0.25) is 5.02 Å². The van der Waals surface area contributed by atoms with Crippen LogP contribution in [0.5, 0.6) is 0 Å². The van der Waals surface area contributed by atoms with Crippen molar-refractivity contribution in [3.8, 4) is 0 Å². The normalized spacial score (nSPS) is 10.8. The number of aromatic nitrogens is 2. The predicted molar refractivity (Wildman–Crippen MR) is 103 cm³/mol. The lowest BCUT2D eigenvalue weighted by molar-refractivity contribution is -0.122. The van der Waals surface area contributed by atoms with Crippen molar-refractivity contribution in [1.29, 1.82) is 0 Å². The molecule has 0 aliphatic heterocycles. The summed E-state index contributed by atoms with van der Waals surface area (Å²) in [7, 11) is 1.41. The van der Waals surface area contributed by atoms with E-state index in [-0.39, 0.29) is 16.3 Å². The van der Waals surface area contributed by atoms with Gasteiger partial charge in [0, 0.05) is 11.1 Å². The Labute approximate surface area is 162 Å². The molecule has 26 heavy (non-hydrogen) atoms. The Morgan fingerprint density at radius 1 is 1.31 bits per heavy atom. The van der Waals surface area contributed by atoms with E-state index in [9.17, 15) is 9.18 Å². The van der Waals surface area contributed by atoms with E-state index >= 15 is 0 Å². The Hall–Kier alpha value is -2.29. The van der Waals surface area contributed by atoms with Crippen LogP contribution in [0.3, 0.4) is 0 Å². The second kappa shape index (κ2) is 7.94. The monoisotopic (exact) mass is 438 g/mol. The maximum Gasteiger partial charge on any atom is 0.261 e. The van der Waals surface area contributed by atoms with Crippen LogP contribution in [0.25, 0.3) is 10.9 Å². The summed E-state index contributed by atoms with van der Waals surface area (Å²) >= 11 is 8.93. The lowest BCUT2D eigenvalue weighted by Crippen LogP contribution is -2.30. The number of halogens is 3. The molecular formula is C17H13BrClFN4O2. The smallest absolute Gasteiger partial charge is 0.261 e. The van der Waals surface area contributed by atoms with Gasteiger partial charge in [0.25, 0.3) is 5.91 Å². The summed E-state index contributed by atoms with van der Waals surface area (Å²) in [6.45, 7) is 0. The lowest BCUT2D eigenvalue weighted by Gasteiger charge is -2.19. The van der Waals surface area contributed by atoms with Crippen molar-refractivity contribution in [1.82, 2.24) is 9.97 Å². The molecule has 9 heteroatoms. The number of amides is 1. The highest BCUT2D eigenvalue weighted by Crippen LogP contribution is 2.28. The summed E-state index contributed by atoms with van der Waals surface area (Å²) in [6, 6.07) is 9.51. The van der Waals surface area contributed by atoms with Gasteiger partial charge in [0.05, 0.1) is 28.7 Å². The maximum absolute atomic E-state index is 13.3. The van der Waals surface area contributed by atoms with Gasteiger partial charge in [-0.05, 0) is 36.4 Å². The second-order valence-corrected chi connectivity index (χ2v) is 6.15. The molecular weight excluding hydrogens is 427 g/mol. The molecule has 0 bridgehead atoms. The highest BCUT2D eigenvalue weighted by atomic mass is 79.9. The quantitative estimate of drug-likeness (QED) is 0.470. The summed E-state index contributed by atoms with van der Waals surface area (Å²) < 4.78 is 13.3. The average molecular weight is 440 g/mol. The van der Waals surface area contributed by atoms with Crippen molar-refractivity contribution in [3.63, 3.8) is 0 Å². The largest absolute Gasteiger partial charge is 0.340 e. The van der Waals surface area contributed by atoms with E-state index in [1.807, 2.05) is 0 Å². The number of anilines is 3. The number of rotatable bonds is 5. The van der Waals surface area contributed by atoms with Crippen molar-refractivity contribution in [3.05, 3.63) is 53.6 Å². The van der Waals surface area contributed by atoms with Gasteiger partial charge >= 0.3 is 0 Å². The third kappa shape index (κ3) is 3.77. The SMILES string of the molecule is CON(C(=O)CBr)c1ccc2c(Nc3ccc(F)c(Cl)c3)ncnc2c1. The Kier molecular flexibility index (Phi) is 5.65. The number of benzene rings is 2. The fourth-order valence-electron chi connectivity index (χ4n) is 2.39. The molecule has 6 nitrogen and oxygen atoms in total. The summed E-state index contributed by atoms with van der Waals surface area (Å²) in [5.74, 6) is -0.217. The molecule has 0 atom stereocenters. The Balaban J connectivity index is 1.98. The Bertz CT molecular complexity index is 973. The zero-order valence-electron chi connectivity index (χ0n) is 13.5. The molecule has 1 N–H and O–H groups in total. The van der Waals surface area contributed by atoms with Crippen LogP contribution in [0.1, 0.15) is 0 Å². The third-order valence-corrected chi connectivity index (χ3v) is 4.33. The highest BCUT2D eigenvalue weighted by molar-refractivity contribution is 9.09. The first-order valence-corrected chi connectivity index (χ1v) is 8.93. The van der Waals surface area contributed by atoms with Gasteiger partial charge in [-0.1, -0.05) is 27.5 Å². The molecule has 3 aromatic rings. The number of fused-ring (bicyclic) bond motifs is 1. The van der Waals surface area contributed by atoms with Crippen molar-refractivity contribution in [2.24, 2.45) is 0 Å². The van der Waals surface area contributed by atoms with Gasteiger partial charge in [0.1, 0.15) is 18.0 Å². The molecule has 0 radical (unpaired) electrons. The van der Waals surface area contributed by atoms with Gasteiger partial charge in [0.15, 0.2) is 0 Å². The zero-order valence-corrected chi connectivity index (χ0v) is 15.9. The zero-order chi connectivity index (χ0) is 18.7. The van der Waals surface area contributed by atoms with Gasteiger partial charge in [-0.15, -0.1) is 0 Å². The van der Waals surface area contributed by atoms with Crippen molar-refractivity contribution < 1.29 is 14.0 Å². The predicted octanol–water partition coefficient (Wildman–Crippen LogP) is 4.46. The molecule has 0 fully saturated rings. The van der Waals surface area contributed by atoms with Gasteiger partial charge in [0.2, 0.25) is 0 Å². The number of alkyl halides is 1. The minimum absolute atomic E-state index is 0.0136. The van der Waals surface area contributed by atoms with Crippen molar-refractivity contribution >= 4 is 61.5 Å². The first kappa shape index (κ1) is 18.5. The number of hydrogen-bond acceptors (Lipinski definition) is 5. The van der Waals surface area contributed by atoms with Crippen LogP contribution < -0.4 is 10.4 Å². The van der Waals surface area contributed by atoms with E-state index < -0.39 is 5.82 Å². The molecule has 0 unspecified atom stereocenters. The van der Waals surface area contributed by atoms with E-state index in [4.69, 9.17) is 16.4 Å². The van der Waals surface area contributed by atoms with E-state index in [2.05, 4.69) is 31.2 Å². The Morgan fingerprint density at radius 3 is 2.81 bits per heavy atom. The fourth-order valence-corrected chi connectivity index (χ4v) is 2.80. The standard InChI is InChI=1S/C17H13BrClFN4O2/c1-26-24(16(25)8-18)11-3-4-12-15(7-11)21-9-22-17(12)23-10-2-5-14(20)13(19)6-10/h2-7,9H,8H2,1H3,(H,21,22,23). The fraction of sp³-hybridized carbons (Fsp3) is 0.118. The second-order valence-electron chi connectivity index (χ2n) is 5.18. The van der Waals surface area contributed by atoms with Gasteiger partial charge in [-0.3, -0.25) is 9.63 Å². The summed E-state index contributed by atoms with van der Waals surface area (Å²) in [5, 5.41) is 5.12. The van der Waals surface area contributed by atoms with Crippen LogP contribution in [0.15, 0.2) is 42.7 Å². The van der Waals surface area contributed by atoms with Crippen LogP contribution in [-0.4, -0.2) is 28.3 Å². The van der Waals surface area contributed by atoms with E-state index in [1.54, 1.807) is 24.3 Å². The van der Waals surface area contributed by atoms with E-state index in [0.29, 0.717) is 22.7 Å². The topological polar surface area (TPSA) is 67.3 Å². The van der Waals surface area contributed by atoms with Crippen LogP contribution in [0, 0.1) is 5.82 Å². The number of nitrogens with one attached hydrogen (secondary N) is 1. The van der Waals surface area contributed by atoms with Crippen molar-refractivity contribution in [2.45, 2.75) is 0 Å². The molecule has 1 heterocycles. The molecule has 1 aromatic heterocycles. The van der Waals surface area contributed by atoms with E-state index in [1.165, 1.54) is 30.6 Å². The molecule has 1 amide bonds. The van der Waals surface area contributed by atoms with Crippen LogP contribution in [0.4, 0.5) is 21.6 Å². The molecule has 0 saturated heterocycles. The van der Waals surface area contributed by atoms with Gasteiger partial charge < -0.3 is 5.32 Å². The number of hydrogen-bond donors (Lipinski definition) is 1. The number of nitrogens with zero attached hydrogens (tertiary/aromatic N) is 3. The summed E-state index contributed by atoms with van der Waals surface area (Å²) in [4.78, 5) is 25.5. The van der Waals surface area contributed by atoms with Gasteiger partial charge in [-0.25, -0.2) is 14.4 Å². The van der Waals surface area contributed by atoms with Crippen LogP contribution in [-0.2, 0) is 9.63 Å². The summed E-state index contributed by atoms with van der Waals surface area (Å²) in [5.41, 5.74) is 1.74. The number of carbonyl (C=O) groups excluding carboxylic acids is 1. The molecule has 0 aliphatic carbocycles. The highest BCUT2D eigenvalue weighted by Gasteiger charge is 2.16. The molecule has 2 aromatic carbocycles. The molecule has 134 valence electrons. The lowest BCUT2D eigenvalue weighted by atomic mass is 10.2. The minimum Gasteiger partial charge on any atom is -0.340 e. The van der Waals surface area contributed by atoms with Crippen molar-refractivity contribution in [2.75, 3.05) is 22.8 Å². The number of hydroxylamine groups is 1. The molecule has 0 saturated carbocycles. The molecule has 0 spiro atoms. The number of carbonyl (C=O) groups is 1. The summed E-state index contributed by atoms with van der Waals surface area (Å²) in [6.07, 6.45) is 1.39. The Morgan fingerprint density at radius 2 is 2.12 bits per heavy atom. The van der Waals surface area contributed by atoms with Gasteiger partial charge in [-0.2, -0.15) is 5.06 Å². The maximum atomic E-state index is 13.3. The average Bonchev–Trinajstić information content (AvgIpc) is 2.65. The third-order valence-electron chi connectivity index (χ3n) is 3.56. The first-order chi connectivity index (χ1) is 12.5. The minimum atomic E-state index is -0.495.